The maximum Gasteiger partial charge on any atom is 0.276 e. The highest BCUT2D eigenvalue weighted by molar-refractivity contribution is 6.30. The molecule has 0 saturated heterocycles. The van der Waals surface area contributed by atoms with Gasteiger partial charge in [0.1, 0.15) is 11.6 Å². The van der Waals surface area contributed by atoms with Crippen molar-refractivity contribution in [2.75, 3.05) is 6.61 Å². The van der Waals surface area contributed by atoms with Crippen LogP contribution >= 0.6 is 11.6 Å². The molecule has 2 rings (SSSR count). The van der Waals surface area contributed by atoms with E-state index in [0.29, 0.717) is 5.75 Å². The number of carbonyl (C=O) groups excluding carboxylic acids is 2. The molecule has 0 aliphatic carbocycles. The first-order valence-corrected chi connectivity index (χ1v) is 7.63. The summed E-state index contributed by atoms with van der Waals surface area (Å²) in [5.41, 5.74) is 5.19. The Morgan fingerprint density at radius 1 is 1.12 bits per heavy atom. The minimum Gasteiger partial charge on any atom is -0.484 e. The number of aryl methyl sites for hydroxylation is 1. The number of hydrazine groups is 1. The molecule has 0 atom stereocenters. The molecule has 5 nitrogen and oxygen atoms in total. The van der Waals surface area contributed by atoms with E-state index in [4.69, 9.17) is 16.3 Å². The fourth-order valence-corrected chi connectivity index (χ4v) is 2.03. The van der Waals surface area contributed by atoms with E-state index in [9.17, 15) is 14.0 Å². The van der Waals surface area contributed by atoms with Gasteiger partial charge in [-0.25, -0.2) is 4.39 Å². The number of halogens is 2. The van der Waals surface area contributed by atoms with Gasteiger partial charge in [-0.3, -0.25) is 20.4 Å². The summed E-state index contributed by atoms with van der Waals surface area (Å²) in [4.78, 5) is 23.4. The van der Waals surface area contributed by atoms with Crippen molar-refractivity contribution in [3.63, 3.8) is 0 Å². The molecule has 0 spiro atoms. The van der Waals surface area contributed by atoms with Crippen LogP contribution < -0.4 is 15.6 Å². The lowest BCUT2D eigenvalue weighted by molar-refractivity contribution is -0.123. The van der Waals surface area contributed by atoms with Crippen LogP contribution in [0.25, 0.3) is 0 Å². The first kappa shape index (κ1) is 17.7. The van der Waals surface area contributed by atoms with Gasteiger partial charge in [0, 0.05) is 5.02 Å². The van der Waals surface area contributed by atoms with Gasteiger partial charge in [0.25, 0.3) is 11.8 Å². The standard InChI is InChI=1S/C17H16ClFN2O3/c1-2-11-3-6-13(7-4-11)24-10-16(22)20-21-17(23)14-8-5-12(18)9-15(14)19/h3-9H,2,10H2,1H3,(H,20,22)(H,21,23). The van der Waals surface area contributed by atoms with Crippen LogP contribution in [-0.2, 0) is 11.2 Å². The maximum absolute atomic E-state index is 13.6. The van der Waals surface area contributed by atoms with Crippen molar-refractivity contribution >= 4 is 23.4 Å². The monoisotopic (exact) mass is 350 g/mol. The zero-order valence-electron chi connectivity index (χ0n) is 12.9. The molecule has 2 N–H and O–H groups in total. The highest BCUT2D eigenvalue weighted by Gasteiger charge is 2.13. The van der Waals surface area contributed by atoms with Gasteiger partial charge >= 0.3 is 0 Å². The number of hydrogen-bond donors (Lipinski definition) is 2. The summed E-state index contributed by atoms with van der Waals surface area (Å²) in [6, 6.07) is 10.9. The molecule has 0 fully saturated rings. The normalized spacial score (nSPS) is 10.1. The van der Waals surface area contributed by atoms with E-state index in [1.165, 1.54) is 12.1 Å². The Bertz CT molecular complexity index is 735. The SMILES string of the molecule is CCc1ccc(OCC(=O)NNC(=O)c2ccc(Cl)cc2F)cc1. The molecule has 7 heteroatoms. The number of amides is 2. The number of carbonyl (C=O) groups is 2. The summed E-state index contributed by atoms with van der Waals surface area (Å²) in [5, 5.41) is 0.176. The van der Waals surface area contributed by atoms with Crippen molar-refractivity contribution in [3.05, 3.63) is 64.4 Å². The van der Waals surface area contributed by atoms with E-state index < -0.39 is 17.6 Å². The lowest BCUT2D eigenvalue weighted by Crippen LogP contribution is -2.44. The summed E-state index contributed by atoms with van der Waals surface area (Å²) in [6.07, 6.45) is 0.911. The predicted octanol–water partition coefficient (Wildman–Crippen LogP) is 2.88. The van der Waals surface area contributed by atoms with Crippen LogP contribution in [0.3, 0.4) is 0 Å². The first-order chi connectivity index (χ1) is 11.5. The van der Waals surface area contributed by atoms with E-state index in [0.717, 1.165) is 18.1 Å². The second-order valence-corrected chi connectivity index (χ2v) is 5.35. The molecule has 0 heterocycles. The van der Waals surface area contributed by atoms with Crippen molar-refractivity contribution in [1.29, 1.82) is 0 Å². The van der Waals surface area contributed by atoms with E-state index in [1.54, 1.807) is 12.1 Å². The van der Waals surface area contributed by atoms with Crippen molar-refractivity contribution in [2.45, 2.75) is 13.3 Å². The predicted molar refractivity (Wildman–Crippen MR) is 88.3 cm³/mol. The Hall–Kier alpha value is -2.60. The fourth-order valence-electron chi connectivity index (χ4n) is 1.87. The Morgan fingerprint density at radius 3 is 2.46 bits per heavy atom. The van der Waals surface area contributed by atoms with Crippen LogP contribution in [0.2, 0.25) is 5.02 Å². The van der Waals surface area contributed by atoms with Gasteiger partial charge in [-0.1, -0.05) is 30.7 Å². The molecule has 0 aliphatic rings. The van der Waals surface area contributed by atoms with Gasteiger partial charge in [0.2, 0.25) is 0 Å². The van der Waals surface area contributed by atoms with Crippen molar-refractivity contribution in [3.8, 4) is 5.75 Å². The average Bonchev–Trinajstić information content (AvgIpc) is 2.58. The average molecular weight is 351 g/mol. The summed E-state index contributed by atoms with van der Waals surface area (Å²) in [7, 11) is 0. The minimum absolute atomic E-state index is 0.176. The number of ether oxygens (including phenoxy) is 1. The molecule has 2 amide bonds. The highest BCUT2D eigenvalue weighted by atomic mass is 35.5. The fraction of sp³-hybridized carbons (Fsp3) is 0.176. The molecule has 2 aromatic rings. The van der Waals surface area contributed by atoms with Crippen molar-refractivity contribution < 1.29 is 18.7 Å². The molecular formula is C17H16ClFN2O3. The van der Waals surface area contributed by atoms with Crippen LogP contribution in [0.4, 0.5) is 4.39 Å². The van der Waals surface area contributed by atoms with Gasteiger partial charge in [0.15, 0.2) is 6.61 Å². The van der Waals surface area contributed by atoms with Gasteiger partial charge in [0.05, 0.1) is 5.56 Å². The van der Waals surface area contributed by atoms with Gasteiger partial charge in [-0.05, 0) is 42.3 Å². The topological polar surface area (TPSA) is 67.4 Å². The lowest BCUT2D eigenvalue weighted by Gasteiger charge is -2.09. The summed E-state index contributed by atoms with van der Waals surface area (Å²) < 4.78 is 18.9. The molecule has 0 unspecified atom stereocenters. The zero-order valence-corrected chi connectivity index (χ0v) is 13.7. The largest absolute Gasteiger partial charge is 0.484 e. The van der Waals surface area contributed by atoms with Crippen LogP contribution in [0.1, 0.15) is 22.8 Å². The molecule has 0 bridgehead atoms. The molecule has 0 aliphatic heterocycles. The minimum atomic E-state index is -0.787. The maximum atomic E-state index is 13.6. The number of rotatable bonds is 5. The lowest BCUT2D eigenvalue weighted by atomic mass is 10.2. The third kappa shape index (κ3) is 4.96. The van der Waals surface area contributed by atoms with E-state index >= 15 is 0 Å². The number of benzene rings is 2. The van der Waals surface area contributed by atoms with Crippen molar-refractivity contribution in [1.82, 2.24) is 10.9 Å². The Kier molecular flexibility index (Phi) is 6.14. The number of hydrogen-bond acceptors (Lipinski definition) is 3. The van der Waals surface area contributed by atoms with E-state index in [2.05, 4.69) is 10.9 Å². The molecular weight excluding hydrogens is 335 g/mol. The van der Waals surface area contributed by atoms with Crippen LogP contribution in [-0.4, -0.2) is 18.4 Å². The third-order valence-electron chi connectivity index (χ3n) is 3.19. The Labute approximate surface area is 143 Å². The van der Waals surface area contributed by atoms with Gasteiger partial charge in [-0.2, -0.15) is 0 Å². The Morgan fingerprint density at radius 2 is 1.83 bits per heavy atom. The quantitative estimate of drug-likeness (QED) is 0.815. The zero-order chi connectivity index (χ0) is 17.5. The summed E-state index contributed by atoms with van der Waals surface area (Å²) >= 11 is 5.61. The summed E-state index contributed by atoms with van der Waals surface area (Å²) in [6.45, 7) is 1.75. The second-order valence-electron chi connectivity index (χ2n) is 4.91. The summed E-state index contributed by atoms with van der Waals surface area (Å²) in [5.74, 6) is -1.60. The second kappa shape index (κ2) is 8.31. The van der Waals surface area contributed by atoms with Crippen molar-refractivity contribution in [2.24, 2.45) is 0 Å². The molecule has 2 aromatic carbocycles. The molecule has 0 saturated carbocycles. The smallest absolute Gasteiger partial charge is 0.276 e. The van der Waals surface area contributed by atoms with Gasteiger partial charge < -0.3 is 4.74 Å². The first-order valence-electron chi connectivity index (χ1n) is 7.25. The van der Waals surface area contributed by atoms with E-state index in [-0.39, 0.29) is 17.2 Å². The van der Waals surface area contributed by atoms with Crippen LogP contribution in [0.5, 0.6) is 5.75 Å². The van der Waals surface area contributed by atoms with Gasteiger partial charge in [-0.15, -0.1) is 0 Å². The third-order valence-corrected chi connectivity index (χ3v) is 3.43. The van der Waals surface area contributed by atoms with E-state index in [1.807, 2.05) is 19.1 Å². The number of nitrogens with one attached hydrogen (secondary N) is 2. The van der Waals surface area contributed by atoms with Crippen LogP contribution in [0.15, 0.2) is 42.5 Å². The molecule has 24 heavy (non-hydrogen) atoms. The molecule has 126 valence electrons. The Balaban J connectivity index is 1.80. The molecule has 0 aromatic heterocycles. The highest BCUT2D eigenvalue weighted by Crippen LogP contribution is 2.14. The van der Waals surface area contributed by atoms with Crippen LogP contribution in [0, 0.1) is 5.82 Å². The molecule has 0 radical (unpaired) electrons.